The van der Waals surface area contributed by atoms with E-state index in [1.54, 1.807) is 6.07 Å². The molecule has 6 heteroatoms. The highest BCUT2D eigenvalue weighted by atomic mass is 79.9. The molecule has 0 atom stereocenters. The number of aromatic amines is 1. The van der Waals surface area contributed by atoms with Gasteiger partial charge in [0.1, 0.15) is 0 Å². The molecule has 0 bridgehead atoms. The maximum absolute atomic E-state index is 11.4. The summed E-state index contributed by atoms with van der Waals surface area (Å²) in [5.74, 6) is 0. The molecule has 1 N–H and O–H groups in total. The molecule has 0 unspecified atom stereocenters. The molecule has 0 spiro atoms. The first kappa shape index (κ1) is 9.89. The van der Waals surface area contributed by atoms with Crippen LogP contribution in [-0.4, -0.2) is 4.98 Å². The smallest absolute Gasteiger partial charge is 0.269 e. The predicted octanol–water partition coefficient (Wildman–Crippen LogP) is 3.27. The molecule has 0 radical (unpaired) electrons. The van der Waals surface area contributed by atoms with Crippen molar-refractivity contribution in [1.82, 2.24) is 4.98 Å². The van der Waals surface area contributed by atoms with Crippen molar-refractivity contribution in [1.29, 1.82) is 0 Å². The Kier molecular flexibility index (Phi) is 2.47. The standard InChI is InChI=1S/C8H3BrClNO2S/c9-5-2-3(10)1-4-6(5)13-8(14)11-7(4)12/h1-2H,(H,11,12,14). The van der Waals surface area contributed by atoms with Crippen LogP contribution in [0.5, 0.6) is 0 Å². The molecule has 72 valence electrons. The van der Waals surface area contributed by atoms with Crippen LogP contribution in [0.15, 0.2) is 25.8 Å². The van der Waals surface area contributed by atoms with Gasteiger partial charge >= 0.3 is 0 Å². The Morgan fingerprint density at radius 1 is 1.50 bits per heavy atom. The van der Waals surface area contributed by atoms with Crippen LogP contribution < -0.4 is 5.56 Å². The second kappa shape index (κ2) is 3.49. The summed E-state index contributed by atoms with van der Waals surface area (Å²) in [4.78, 5) is 13.9. The van der Waals surface area contributed by atoms with Gasteiger partial charge in [-0.05, 0) is 40.3 Å². The van der Waals surface area contributed by atoms with Crippen LogP contribution in [0.1, 0.15) is 0 Å². The summed E-state index contributed by atoms with van der Waals surface area (Å²) in [6.07, 6.45) is 0. The average molecular weight is 293 g/mol. The van der Waals surface area contributed by atoms with Gasteiger partial charge in [0, 0.05) is 5.02 Å². The zero-order valence-corrected chi connectivity index (χ0v) is 9.79. The lowest BCUT2D eigenvalue weighted by Crippen LogP contribution is -2.05. The molecule has 0 aliphatic rings. The summed E-state index contributed by atoms with van der Waals surface area (Å²) in [6, 6.07) is 3.17. The molecule has 0 amide bonds. The molecule has 1 aromatic carbocycles. The van der Waals surface area contributed by atoms with Crippen LogP contribution >= 0.6 is 39.7 Å². The SMILES string of the molecule is O=c1[nH]c(=S)oc2c(Br)cc(Cl)cc12. The quantitative estimate of drug-likeness (QED) is 0.758. The number of benzene rings is 1. The van der Waals surface area contributed by atoms with Gasteiger partial charge in [-0.2, -0.15) is 0 Å². The zero-order chi connectivity index (χ0) is 10.3. The van der Waals surface area contributed by atoms with E-state index in [0.29, 0.717) is 20.5 Å². The summed E-state index contributed by atoms with van der Waals surface area (Å²) in [7, 11) is 0. The molecule has 0 aliphatic carbocycles. The molecule has 0 fully saturated rings. The van der Waals surface area contributed by atoms with Crippen LogP contribution in [0, 0.1) is 4.84 Å². The first-order valence-corrected chi connectivity index (χ1v) is 5.18. The van der Waals surface area contributed by atoms with E-state index in [9.17, 15) is 4.79 Å². The molecular formula is C8H3BrClNO2S. The molecule has 2 rings (SSSR count). The fourth-order valence-corrected chi connectivity index (χ4v) is 2.18. The third-order valence-corrected chi connectivity index (χ3v) is 2.66. The van der Waals surface area contributed by atoms with Crippen molar-refractivity contribution < 1.29 is 4.42 Å². The van der Waals surface area contributed by atoms with E-state index in [1.165, 1.54) is 6.07 Å². The monoisotopic (exact) mass is 291 g/mol. The van der Waals surface area contributed by atoms with Crippen LogP contribution in [0.25, 0.3) is 11.0 Å². The zero-order valence-electron chi connectivity index (χ0n) is 6.64. The highest BCUT2D eigenvalue weighted by Crippen LogP contribution is 2.25. The highest BCUT2D eigenvalue weighted by molar-refractivity contribution is 9.10. The van der Waals surface area contributed by atoms with E-state index >= 15 is 0 Å². The number of hydrogen-bond donors (Lipinski definition) is 1. The third-order valence-electron chi connectivity index (χ3n) is 1.66. The van der Waals surface area contributed by atoms with Crippen molar-refractivity contribution in [3.63, 3.8) is 0 Å². The summed E-state index contributed by atoms with van der Waals surface area (Å²) < 4.78 is 5.79. The molecule has 0 aliphatic heterocycles. The topological polar surface area (TPSA) is 46.0 Å². The number of hydrogen-bond acceptors (Lipinski definition) is 3. The fraction of sp³-hybridized carbons (Fsp3) is 0. The van der Waals surface area contributed by atoms with E-state index in [4.69, 9.17) is 28.2 Å². The molecule has 14 heavy (non-hydrogen) atoms. The number of nitrogens with one attached hydrogen (secondary N) is 1. The van der Waals surface area contributed by atoms with Gasteiger partial charge in [-0.3, -0.25) is 9.78 Å². The first-order chi connectivity index (χ1) is 6.58. The average Bonchev–Trinajstić information content (AvgIpc) is 2.07. The lowest BCUT2D eigenvalue weighted by molar-refractivity contribution is 0.555. The van der Waals surface area contributed by atoms with E-state index in [1.807, 2.05) is 0 Å². The van der Waals surface area contributed by atoms with E-state index in [0.717, 1.165) is 0 Å². The number of rotatable bonds is 0. The molecular weight excluding hydrogens is 290 g/mol. The van der Waals surface area contributed by atoms with Crippen molar-refractivity contribution >= 4 is 50.7 Å². The van der Waals surface area contributed by atoms with Crippen molar-refractivity contribution in [3.8, 4) is 0 Å². The Morgan fingerprint density at radius 3 is 2.93 bits per heavy atom. The Morgan fingerprint density at radius 2 is 2.21 bits per heavy atom. The molecule has 1 aromatic heterocycles. The molecule has 3 nitrogen and oxygen atoms in total. The molecule has 1 heterocycles. The minimum Gasteiger partial charge on any atom is -0.430 e. The van der Waals surface area contributed by atoms with Gasteiger partial charge in [-0.1, -0.05) is 11.6 Å². The van der Waals surface area contributed by atoms with Gasteiger partial charge in [0.15, 0.2) is 5.58 Å². The summed E-state index contributed by atoms with van der Waals surface area (Å²) in [5.41, 5.74) is 0.0996. The Balaban J connectivity index is 3.10. The Hall–Kier alpha value is -0.650. The maximum atomic E-state index is 11.4. The molecule has 0 saturated carbocycles. The maximum Gasteiger partial charge on any atom is 0.269 e. The fourth-order valence-electron chi connectivity index (χ4n) is 1.11. The van der Waals surface area contributed by atoms with E-state index < -0.39 is 0 Å². The number of H-pyrrole nitrogens is 1. The van der Waals surface area contributed by atoms with Crippen LogP contribution in [0.3, 0.4) is 0 Å². The van der Waals surface area contributed by atoms with Crippen LogP contribution in [0.4, 0.5) is 0 Å². The minimum absolute atomic E-state index is 0.0468. The molecule has 2 aromatic rings. The minimum atomic E-state index is -0.306. The van der Waals surface area contributed by atoms with Crippen molar-refractivity contribution in [3.05, 3.63) is 36.8 Å². The lowest BCUT2D eigenvalue weighted by Gasteiger charge is -1.99. The van der Waals surface area contributed by atoms with Gasteiger partial charge < -0.3 is 4.42 Å². The van der Waals surface area contributed by atoms with Crippen molar-refractivity contribution in [2.24, 2.45) is 0 Å². The van der Waals surface area contributed by atoms with E-state index in [2.05, 4.69) is 20.9 Å². The van der Waals surface area contributed by atoms with Gasteiger partial charge in [-0.25, -0.2) is 0 Å². The molecule has 0 saturated heterocycles. The van der Waals surface area contributed by atoms with Crippen molar-refractivity contribution in [2.45, 2.75) is 0 Å². The Bertz CT molecular complexity index is 619. The number of aromatic nitrogens is 1. The van der Waals surface area contributed by atoms with Gasteiger partial charge in [0.2, 0.25) is 0 Å². The first-order valence-electron chi connectivity index (χ1n) is 3.60. The number of fused-ring (bicyclic) bond motifs is 1. The van der Waals surface area contributed by atoms with Gasteiger partial charge in [0.05, 0.1) is 9.86 Å². The van der Waals surface area contributed by atoms with Gasteiger partial charge in [0.25, 0.3) is 10.4 Å². The summed E-state index contributed by atoms with van der Waals surface area (Å²) in [5, 5.41) is 0.833. The largest absolute Gasteiger partial charge is 0.430 e. The van der Waals surface area contributed by atoms with Gasteiger partial charge in [-0.15, -0.1) is 0 Å². The lowest BCUT2D eigenvalue weighted by atomic mass is 10.2. The van der Waals surface area contributed by atoms with Crippen LogP contribution in [0.2, 0.25) is 5.02 Å². The number of halogens is 2. The predicted molar refractivity (Wildman–Crippen MR) is 60.4 cm³/mol. The normalized spacial score (nSPS) is 10.7. The Labute approximate surface area is 96.8 Å². The summed E-state index contributed by atoms with van der Waals surface area (Å²) >= 11 is 13.8. The highest BCUT2D eigenvalue weighted by Gasteiger charge is 2.06. The second-order valence-corrected chi connectivity index (χ2v) is 4.27. The van der Waals surface area contributed by atoms with Crippen molar-refractivity contribution in [2.75, 3.05) is 0 Å². The second-order valence-electron chi connectivity index (χ2n) is 2.61. The van der Waals surface area contributed by atoms with E-state index in [-0.39, 0.29) is 10.4 Å². The third kappa shape index (κ3) is 1.63. The van der Waals surface area contributed by atoms with Crippen LogP contribution in [-0.2, 0) is 0 Å². The summed E-state index contributed by atoms with van der Waals surface area (Å²) in [6.45, 7) is 0.